The van der Waals surface area contributed by atoms with Crippen molar-refractivity contribution in [1.82, 2.24) is 9.97 Å². The van der Waals surface area contributed by atoms with Gasteiger partial charge in [-0.15, -0.1) is 11.3 Å². The molecule has 2 aromatic heterocycles. The SMILES string of the molecule is O=C(O)C1(c2nc(-c3ccncc3)cs2)CCC1. The van der Waals surface area contributed by atoms with Gasteiger partial charge in [0.25, 0.3) is 0 Å². The van der Waals surface area contributed by atoms with Gasteiger partial charge in [-0.2, -0.15) is 0 Å². The molecule has 0 aliphatic heterocycles. The van der Waals surface area contributed by atoms with Gasteiger partial charge in [-0.05, 0) is 25.0 Å². The smallest absolute Gasteiger partial charge is 0.316 e. The van der Waals surface area contributed by atoms with Gasteiger partial charge in [0.2, 0.25) is 0 Å². The Labute approximate surface area is 108 Å². The molecule has 2 aromatic rings. The highest BCUT2D eigenvalue weighted by molar-refractivity contribution is 7.10. The summed E-state index contributed by atoms with van der Waals surface area (Å²) in [5, 5.41) is 12.0. The zero-order valence-corrected chi connectivity index (χ0v) is 10.5. The fourth-order valence-electron chi connectivity index (χ4n) is 2.20. The van der Waals surface area contributed by atoms with E-state index < -0.39 is 11.4 Å². The highest BCUT2D eigenvalue weighted by atomic mass is 32.1. The molecule has 4 nitrogen and oxygen atoms in total. The lowest BCUT2D eigenvalue weighted by atomic mass is 9.69. The Hall–Kier alpha value is -1.75. The third-order valence-corrected chi connectivity index (χ3v) is 4.55. The van der Waals surface area contributed by atoms with Crippen LogP contribution >= 0.6 is 11.3 Å². The maximum Gasteiger partial charge on any atom is 0.316 e. The first-order chi connectivity index (χ1) is 8.72. The van der Waals surface area contributed by atoms with Crippen LogP contribution in [0, 0.1) is 0 Å². The van der Waals surface area contributed by atoms with Crippen LogP contribution < -0.4 is 0 Å². The van der Waals surface area contributed by atoms with Gasteiger partial charge in [-0.3, -0.25) is 9.78 Å². The second-order valence-corrected chi connectivity index (χ2v) is 5.37. The summed E-state index contributed by atoms with van der Waals surface area (Å²) in [6.45, 7) is 0. The van der Waals surface area contributed by atoms with Crippen molar-refractivity contribution in [1.29, 1.82) is 0 Å². The molecule has 0 atom stereocenters. The summed E-state index contributed by atoms with van der Waals surface area (Å²) in [5.41, 5.74) is 1.09. The summed E-state index contributed by atoms with van der Waals surface area (Å²) in [6.07, 6.45) is 5.79. The van der Waals surface area contributed by atoms with E-state index >= 15 is 0 Å². The van der Waals surface area contributed by atoms with Crippen molar-refractivity contribution in [2.45, 2.75) is 24.7 Å². The average Bonchev–Trinajstić information content (AvgIpc) is 2.78. The number of carboxylic acid groups (broad SMARTS) is 1. The Morgan fingerprint density at radius 2 is 2.06 bits per heavy atom. The third-order valence-electron chi connectivity index (χ3n) is 3.51. The molecule has 0 aromatic carbocycles. The number of pyridine rings is 1. The molecule has 0 amide bonds. The second-order valence-electron chi connectivity index (χ2n) is 4.51. The van der Waals surface area contributed by atoms with Crippen molar-refractivity contribution >= 4 is 17.3 Å². The molecule has 0 radical (unpaired) electrons. The van der Waals surface area contributed by atoms with Crippen LogP contribution in [0.2, 0.25) is 0 Å². The summed E-state index contributed by atoms with van der Waals surface area (Å²) in [6, 6.07) is 3.76. The molecule has 3 rings (SSSR count). The zero-order valence-electron chi connectivity index (χ0n) is 9.67. The van der Waals surface area contributed by atoms with Crippen LogP contribution in [0.1, 0.15) is 24.3 Å². The van der Waals surface area contributed by atoms with Crippen molar-refractivity contribution in [3.8, 4) is 11.3 Å². The Balaban J connectivity index is 1.97. The quantitative estimate of drug-likeness (QED) is 0.921. The van der Waals surface area contributed by atoms with Gasteiger partial charge >= 0.3 is 5.97 Å². The van der Waals surface area contributed by atoms with Crippen molar-refractivity contribution in [2.24, 2.45) is 0 Å². The molecule has 0 bridgehead atoms. The fraction of sp³-hybridized carbons (Fsp3) is 0.308. The predicted molar refractivity (Wildman–Crippen MR) is 68.5 cm³/mol. The van der Waals surface area contributed by atoms with Crippen LogP contribution in [0.4, 0.5) is 0 Å². The van der Waals surface area contributed by atoms with Crippen LogP contribution in [0.15, 0.2) is 29.9 Å². The highest BCUT2D eigenvalue weighted by Crippen LogP contribution is 2.45. The molecule has 1 fully saturated rings. The molecule has 2 heterocycles. The lowest BCUT2D eigenvalue weighted by Gasteiger charge is -2.35. The highest BCUT2D eigenvalue weighted by Gasteiger charge is 2.48. The topological polar surface area (TPSA) is 63.1 Å². The van der Waals surface area contributed by atoms with E-state index in [1.165, 1.54) is 11.3 Å². The lowest BCUT2D eigenvalue weighted by Crippen LogP contribution is -2.42. The van der Waals surface area contributed by atoms with E-state index in [2.05, 4.69) is 9.97 Å². The van der Waals surface area contributed by atoms with E-state index in [9.17, 15) is 9.90 Å². The largest absolute Gasteiger partial charge is 0.481 e. The Bertz CT molecular complexity index is 576. The normalized spacial score (nSPS) is 17.1. The average molecular weight is 260 g/mol. The molecule has 18 heavy (non-hydrogen) atoms. The number of carboxylic acids is 1. The van der Waals surface area contributed by atoms with E-state index in [0.717, 1.165) is 22.7 Å². The first-order valence-corrected chi connectivity index (χ1v) is 6.70. The molecule has 1 N–H and O–H groups in total. The van der Waals surface area contributed by atoms with Crippen molar-refractivity contribution in [2.75, 3.05) is 0 Å². The number of thiazole rings is 1. The minimum atomic E-state index is -0.746. The fourth-order valence-corrected chi connectivity index (χ4v) is 3.28. The van der Waals surface area contributed by atoms with Gasteiger partial charge in [0.05, 0.1) is 5.69 Å². The van der Waals surface area contributed by atoms with Crippen LogP contribution in [-0.4, -0.2) is 21.0 Å². The van der Waals surface area contributed by atoms with Gasteiger partial charge in [0.1, 0.15) is 10.4 Å². The number of aliphatic carboxylic acids is 1. The van der Waals surface area contributed by atoms with Crippen LogP contribution in [0.25, 0.3) is 11.3 Å². The van der Waals surface area contributed by atoms with Gasteiger partial charge in [-0.1, -0.05) is 6.42 Å². The Kier molecular flexibility index (Phi) is 2.63. The summed E-state index contributed by atoms with van der Waals surface area (Å²) in [7, 11) is 0. The lowest BCUT2D eigenvalue weighted by molar-refractivity contribution is -0.147. The molecular weight excluding hydrogens is 248 g/mol. The first-order valence-electron chi connectivity index (χ1n) is 5.82. The Morgan fingerprint density at radius 1 is 1.33 bits per heavy atom. The monoisotopic (exact) mass is 260 g/mol. The summed E-state index contributed by atoms with van der Waals surface area (Å²) >= 11 is 1.44. The molecule has 0 saturated heterocycles. The Morgan fingerprint density at radius 3 is 2.61 bits per heavy atom. The van der Waals surface area contributed by atoms with Gasteiger partial charge in [0.15, 0.2) is 0 Å². The molecular formula is C13H12N2O2S. The number of nitrogens with zero attached hydrogens (tertiary/aromatic N) is 2. The number of rotatable bonds is 3. The molecule has 1 aliphatic rings. The van der Waals surface area contributed by atoms with Crippen molar-refractivity contribution in [3.63, 3.8) is 0 Å². The molecule has 0 spiro atoms. The number of carbonyl (C=O) groups is 1. The van der Waals surface area contributed by atoms with E-state index in [-0.39, 0.29) is 0 Å². The third kappa shape index (κ3) is 1.62. The van der Waals surface area contributed by atoms with Gasteiger partial charge in [-0.25, -0.2) is 4.98 Å². The predicted octanol–water partition coefficient (Wildman–Crippen LogP) is 2.71. The number of aromatic nitrogens is 2. The maximum atomic E-state index is 11.4. The standard InChI is InChI=1S/C13H12N2O2S/c16-12(17)13(4-1-5-13)11-15-10(8-18-11)9-2-6-14-7-3-9/h2-3,6-8H,1,4-5H2,(H,16,17). The summed E-state index contributed by atoms with van der Waals surface area (Å²) in [4.78, 5) is 19.9. The number of hydrogen-bond donors (Lipinski definition) is 1. The van der Waals surface area contributed by atoms with Crippen LogP contribution in [0.3, 0.4) is 0 Å². The summed E-state index contributed by atoms with van der Waals surface area (Å²) < 4.78 is 0. The van der Waals surface area contributed by atoms with Gasteiger partial charge < -0.3 is 5.11 Å². The first kappa shape index (κ1) is 11.3. The summed E-state index contributed by atoms with van der Waals surface area (Å²) in [5.74, 6) is -0.746. The molecule has 0 unspecified atom stereocenters. The minimum Gasteiger partial charge on any atom is -0.481 e. The van der Waals surface area contributed by atoms with E-state index in [1.807, 2.05) is 17.5 Å². The molecule has 5 heteroatoms. The molecule has 92 valence electrons. The van der Waals surface area contributed by atoms with E-state index in [1.54, 1.807) is 12.4 Å². The zero-order chi connectivity index (χ0) is 12.6. The maximum absolute atomic E-state index is 11.4. The van der Waals surface area contributed by atoms with Crippen molar-refractivity contribution < 1.29 is 9.90 Å². The molecule has 1 saturated carbocycles. The van der Waals surface area contributed by atoms with E-state index in [0.29, 0.717) is 12.8 Å². The van der Waals surface area contributed by atoms with Crippen LogP contribution in [0.5, 0.6) is 0 Å². The van der Waals surface area contributed by atoms with Crippen LogP contribution in [-0.2, 0) is 10.2 Å². The van der Waals surface area contributed by atoms with Gasteiger partial charge in [0, 0.05) is 23.3 Å². The molecule has 1 aliphatic carbocycles. The minimum absolute atomic E-state index is 0.700. The number of hydrogen-bond acceptors (Lipinski definition) is 4. The van der Waals surface area contributed by atoms with Crippen molar-refractivity contribution in [3.05, 3.63) is 34.9 Å². The second kappa shape index (κ2) is 4.17. The van der Waals surface area contributed by atoms with E-state index in [4.69, 9.17) is 0 Å².